The van der Waals surface area contributed by atoms with Crippen molar-refractivity contribution in [2.75, 3.05) is 20.3 Å². The van der Waals surface area contributed by atoms with Gasteiger partial charge in [0.15, 0.2) is 16.6 Å². The summed E-state index contributed by atoms with van der Waals surface area (Å²) in [7, 11) is -3.01. The number of ether oxygens (including phenoxy) is 2. The van der Waals surface area contributed by atoms with Crippen LogP contribution < -0.4 is 0 Å². The maximum atomic E-state index is 14.3. The van der Waals surface area contributed by atoms with E-state index in [1.165, 1.54) is 7.11 Å². The zero-order valence-corrected chi connectivity index (χ0v) is 33.6. The van der Waals surface area contributed by atoms with Crippen molar-refractivity contribution in [2.24, 2.45) is 5.92 Å². The van der Waals surface area contributed by atoms with Gasteiger partial charge in [-0.2, -0.15) is 0 Å². The normalized spacial score (nSPS) is 20.5. The summed E-state index contributed by atoms with van der Waals surface area (Å²) in [6.07, 6.45) is 3.61. The topological polar surface area (TPSA) is 94.5 Å². The molecule has 0 radical (unpaired) electrons. The van der Waals surface area contributed by atoms with E-state index >= 15 is 0 Å². The summed E-state index contributed by atoms with van der Waals surface area (Å²) in [4.78, 5) is 28.9. The second-order valence-corrected chi connectivity index (χ2v) is 26.1. The van der Waals surface area contributed by atoms with Crippen LogP contribution in [0.3, 0.4) is 0 Å². The lowest BCUT2D eigenvalue weighted by molar-refractivity contribution is -0.153. The Morgan fingerprint density at radius 2 is 1.55 bits per heavy atom. The molecule has 268 valence electrons. The number of nitrogens with zero attached hydrogens (tertiary/aromatic N) is 1. The average Bonchev–Trinajstić information content (AvgIpc) is 3.00. The fourth-order valence-corrected chi connectivity index (χ4v) is 13.7. The van der Waals surface area contributed by atoms with E-state index in [1.807, 2.05) is 42.5 Å². The van der Waals surface area contributed by atoms with Gasteiger partial charge in [0.1, 0.15) is 6.61 Å². The molecule has 1 amide bonds. The molecule has 0 aliphatic carbocycles. The van der Waals surface area contributed by atoms with Crippen LogP contribution >= 0.6 is 0 Å². The third-order valence-electron chi connectivity index (χ3n) is 10.8. The summed E-state index contributed by atoms with van der Waals surface area (Å²) in [6.45, 7) is 27.0. The number of aliphatic hydroxyl groups is 1. The Kier molecular flexibility index (Phi) is 15.0. The van der Waals surface area contributed by atoms with Crippen LogP contribution in [0.2, 0.25) is 34.8 Å². The summed E-state index contributed by atoms with van der Waals surface area (Å²) in [5.41, 5.74) is 0.900. The summed E-state index contributed by atoms with van der Waals surface area (Å²) in [5, 5.41) is 12.1. The minimum atomic E-state index is -2.18. The number of carbonyl (C=O) groups is 2. The highest BCUT2D eigenvalue weighted by Crippen LogP contribution is 2.44. The van der Waals surface area contributed by atoms with Gasteiger partial charge in [0.2, 0.25) is 0 Å². The van der Waals surface area contributed by atoms with Crippen LogP contribution in [-0.4, -0.2) is 76.7 Å². The predicted octanol–water partition coefficient (Wildman–Crippen LogP) is 8.86. The molecule has 8 nitrogen and oxygen atoms in total. The van der Waals surface area contributed by atoms with Crippen molar-refractivity contribution in [2.45, 2.75) is 148 Å². The zero-order chi connectivity index (χ0) is 35.8. The van der Waals surface area contributed by atoms with E-state index in [0.717, 1.165) is 5.56 Å². The van der Waals surface area contributed by atoms with Crippen LogP contribution in [-0.2, 0) is 29.7 Å². The highest BCUT2D eigenvalue weighted by Gasteiger charge is 2.53. The number of benzene rings is 1. The first-order valence-electron chi connectivity index (χ1n) is 17.5. The van der Waals surface area contributed by atoms with Gasteiger partial charge in [0.05, 0.1) is 37.3 Å². The lowest BCUT2D eigenvalue weighted by Crippen LogP contribution is -2.66. The molecular formula is C37H65NO7Si2. The molecule has 1 aromatic rings. The summed E-state index contributed by atoms with van der Waals surface area (Å²) < 4.78 is 24.7. The minimum Gasteiger partial charge on any atom is -0.469 e. The van der Waals surface area contributed by atoms with Crippen molar-refractivity contribution < 1.29 is 33.0 Å². The van der Waals surface area contributed by atoms with E-state index in [4.69, 9.17) is 18.3 Å². The average molecular weight is 692 g/mol. The molecule has 1 aliphatic rings. The van der Waals surface area contributed by atoms with Crippen LogP contribution in [0, 0.1) is 5.92 Å². The van der Waals surface area contributed by atoms with Crippen molar-refractivity contribution in [1.82, 2.24) is 4.90 Å². The molecule has 1 aliphatic heterocycles. The summed E-state index contributed by atoms with van der Waals surface area (Å²) in [5.74, 6) is -1.44. The number of rotatable bonds is 16. The van der Waals surface area contributed by atoms with E-state index < -0.39 is 52.3 Å². The van der Waals surface area contributed by atoms with Crippen molar-refractivity contribution in [3.05, 3.63) is 48.0 Å². The lowest BCUT2D eigenvalue weighted by atomic mass is 9.76. The standard InChI is InChI=1S/C37H65NO7Si2/c1-27(2)47(28(3)4,29(5)6)44-24-18-23-37(33(39)30(7)34(40)42-11)22-17-21-32(26-45-46(12,13)36(8,9)10)38(37)35(41)43-25-31-19-15-14-16-20-31/h14-17,19-20,22,27-30,32-33,39H,18,21,23-26H2,1-13H3/t30?,32-,33?,37-/m1/s1. The molecule has 0 saturated heterocycles. The van der Waals surface area contributed by atoms with Crippen LogP contribution in [0.25, 0.3) is 0 Å². The van der Waals surface area contributed by atoms with Gasteiger partial charge >= 0.3 is 12.1 Å². The molecule has 4 atom stereocenters. The van der Waals surface area contributed by atoms with Gasteiger partial charge in [0, 0.05) is 6.61 Å². The highest BCUT2D eigenvalue weighted by molar-refractivity contribution is 6.77. The fourth-order valence-electron chi connectivity index (χ4n) is 7.17. The van der Waals surface area contributed by atoms with Crippen molar-refractivity contribution in [3.63, 3.8) is 0 Å². The largest absolute Gasteiger partial charge is 0.469 e. The summed E-state index contributed by atoms with van der Waals surface area (Å²) >= 11 is 0. The third-order valence-corrected chi connectivity index (χ3v) is 21.4. The van der Waals surface area contributed by atoms with E-state index in [1.54, 1.807) is 11.8 Å². The quantitative estimate of drug-likeness (QED) is 0.0801. The van der Waals surface area contributed by atoms with Gasteiger partial charge in [-0.25, -0.2) is 4.79 Å². The van der Waals surface area contributed by atoms with Crippen molar-refractivity contribution in [1.29, 1.82) is 0 Å². The van der Waals surface area contributed by atoms with Crippen molar-refractivity contribution in [3.8, 4) is 0 Å². The van der Waals surface area contributed by atoms with E-state index in [0.29, 0.717) is 49.1 Å². The van der Waals surface area contributed by atoms with E-state index in [-0.39, 0.29) is 11.6 Å². The molecular weight excluding hydrogens is 627 g/mol. The maximum Gasteiger partial charge on any atom is 0.411 e. The number of carbonyl (C=O) groups excluding carboxylic acids is 2. The smallest absolute Gasteiger partial charge is 0.411 e. The van der Waals surface area contributed by atoms with Crippen LogP contribution in [0.1, 0.15) is 94.1 Å². The third kappa shape index (κ3) is 9.59. The minimum absolute atomic E-state index is 0.0247. The molecule has 1 heterocycles. The molecule has 10 heteroatoms. The molecule has 0 aromatic heterocycles. The monoisotopic (exact) mass is 691 g/mol. The number of esters is 1. The maximum absolute atomic E-state index is 14.3. The molecule has 2 rings (SSSR count). The molecule has 1 N–H and O–H groups in total. The van der Waals surface area contributed by atoms with Gasteiger partial charge < -0.3 is 23.4 Å². The SMILES string of the molecule is COC(=O)C(C)C(O)[C@]1(CCCO[Si](C(C)C)(C(C)C)C(C)C)C=CC[C@H](CO[Si](C)(C)C(C)(C)C)N1C(=O)OCc1ccccc1. The molecule has 2 unspecified atom stereocenters. The molecule has 0 saturated carbocycles. The number of methoxy groups -OCH3 is 1. The van der Waals surface area contributed by atoms with E-state index in [9.17, 15) is 14.7 Å². The zero-order valence-electron chi connectivity index (χ0n) is 31.6. The highest BCUT2D eigenvalue weighted by atomic mass is 28.4. The van der Waals surface area contributed by atoms with Gasteiger partial charge in [-0.1, -0.05) is 105 Å². The van der Waals surface area contributed by atoms with Crippen molar-refractivity contribution >= 4 is 28.7 Å². The number of hydrogen-bond donors (Lipinski definition) is 1. The fraction of sp³-hybridized carbons (Fsp3) is 0.730. The molecule has 0 fully saturated rings. The Morgan fingerprint density at radius 1 is 0.979 bits per heavy atom. The Bertz CT molecular complexity index is 1140. The number of amides is 1. The Hall–Kier alpha value is -1.99. The molecule has 47 heavy (non-hydrogen) atoms. The Morgan fingerprint density at radius 3 is 2.06 bits per heavy atom. The molecule has 1 aromatic carbocycles. The van der Waals surface area contributed by atoms with E-state index in [2.05, 4.69) is 75.4 Å². The van der Waals surface area contributed by atoms with Gasteiger partial charge in [-0.15, -0.1) is 0 Å². The van der Waals surface area contributed by atoms with Gasteiger partial charge in [-0.3, -0.25) is 9.69 Å². The lowest BCUT2D eigenvalue weighted by Gasteiger charge is -2.52. The summed E-state index contributed by atoms with van der Waals surface area (Å²) in [6, 6.07) is 9.14. The first kappa shape index (κ1) is 41.2. The van der Waals surface area contributed by atoms with Gasteiger partial charge in [-0.05, 0) is 66.5 Å². The molecule has 0 bridgehead atoms. The number of aliphatic hydroxyl groups excluding tert-OH is 1. The predicted molar refractivity (Wildman–Crippen MR) is 195 cm³/mol. The van der Waals surface area contributed by atoms with Gasteiger partial charge in [0.25, 0.3) is 0 Å². The van der Waals surface area contributed by atoms with Crippen LogP contribution in [0.5, 0.6) is 0 Å². The first-order valence-corrected chi connectivity index (χ1v) is 22.5. The first-order chi connectivity index (χ1) is 21.8. The number of hydrogen-bond acceptors (Lipinski definition) is 7. The second kappa shape index (κ2) is 17.1. The Balaban J connectivity index is 2.57. The Labute approximate surface area is 287 Å². The van der Waals surface area contributed by atoms with Crippen LogP contribution in [0.15, 0.2) is 42.5 Å². The molecule has 0 spiro atoms. The van der Waals surface area contributed by atoms with Crippen LogP contribution in [0.4, 0.5) is 4.79 Å². The second-order valence-electron chi connectivity index (χ2n) is 15.8.